The molecule has 4 heteroatoms. The summed E-state index contributed by atoms with van der Waals surface area (Å²) in [5.41, 5.74) is 0. The molecule has 2 rings (SSSR count). The van der Waals surface area contributed by atoms with Crippen LogP contribution in [0.4, 0.5) is 5.82 Å². The Labute approximate surface area is 95.9 Å². The van der Waals surface area contributed by atoms with E-state index in [-0.39, 0.29) is 0 Å². The molecule has 0 amide bonds. The fraction of sp³-hybridized carbons (Fsp3) is 0.500. The van der Waals surface area contributed by atoms with Crippen molar-refractivity contribution in [2.75, 3.05) is 31.5 Å². The number of aromatic nitrogens is 1. The smallest absolute Gasteiger partial charge is 0.125 e. The highest BCUT2D eigenvalue weighted by Gasteiger charge is 2.21. The Balaban J connectivity index is 1.74. The van der Waals surface area contributed by atoms with Crippen LogP contribution in [0.25, 0.3) is 0 Å². The summed E-state index contributed by atoms with van der Waals surface area (Å²) < 4.78 is 0. The third-order valence-electron chi connectivity index (χ3n) is 2.90. The average Bonchev–Trinajstić information content (AvgIpc) is 2.76. The highest BCUT2D eigenvalue weighted by atomic mass is 15.1. The predicted molar refractivity (Wildman–Crippen MR) is 62.9 cm³/mol. The first-order chi connectivity index (χ1) is 7.88. The fourth-order valence-corrected chi connectivity index (χ4v) is 2.04. The van der Waals surface area contributed by atoms with Crippen molar-refractivity contribution < 1.29 is 0 Å². The van der Waals surface area contributed by atoms with Gasteiger partial charge < -0.3 is 5.32 Å². The van der Waals surface area contributed by atoms with E-state index in [1.807, 2.05) is 18.2 Å². The number of pyridine rings is 1. The molecule has 1 aromatic heterocycles. The van der Waals surface area contributed by atoms with Crippen molar-refractivity contribution in [2.24, 2.45) is 5.92 Å². The van der Waals surface area contributed by atoms with E-state index in [9.17, 15) is 0 Å². The Morgan fingerprint density at radius 3 is 3.25 bits per heavy atom. The van der Waals surface area contributed by atoms with Crippen molar-refractivity contribution in [3.63, 3.8) is 0 Å². The van der Waals surface area contributed by atoms with E-state index in [4.69, 9.17) is 5.26 Å². The van der Waals surface area contributed by atoms with Gasteiger partial charge in [-0.2, -0.15) is 5.26 Å². The van der Waals surface area contributed by atoms with Crippen LogP contribution in [0.1, 0.15) is 6.42 Å². The van der Waals surface area contributed by atoms with E-state index >= 15 is 0 Å². The van der Waals surface area contributed by atoms with Crippen LogP contribution >= 0.6 is 0 Å². The number of rotatable bonds is 4. The molecule has 0 radical (unpaired) electrons. The van der Waals surface area contributed by atoms with Gasteiger partial charge in [-0.05, 0) is 31.0 Å². The first kappa shape index (κ1) is 10.9. The normalized spacial score (nSPS) is 20.6. The van der Waals surface area contributed by atoms with E-state index in [2.05, 4.69) is 21.3 Å². The highest BCUT2D eigenvalue weighted by molar-refractivity contribution is 5.33. The molecule has 4 nitrogen and oxygen atoms in total. The zero-order chi connectivity index (χ0) is 11.2. The second kappa shape index (κ2) is 5.47. The Kier molecular flexibility index (Phi) is 3.73. The summed E-state index contributed by atoms with van der Waals surface area (Å²) in [4.78, 5) is 6.42. The minimum atomic E-state index is 0.556. The van der Waals surface area contributed by atoms with Crippen LogP contribution < -0.4 is 5.32 Å². The van der Waals surface area contributed by atoms with Gasteiger partial charge >= 0.3 is 0 Å². The molecule has 0 spiro atoms. The molecular weight excluding hydrogens is 200 g/mol. The van der Waals surface area contributed by atoms with Gasteiger partial charge in [0, 0.05) is 19.3 Å². The first-order valence-corrected chi connectivity index (χ1v) is 5.62. The number of nitrogens with zero attached hydrogens (tertiary/aromatic N) is 3. The number of nitrogens with one attached hydrogen (secondary N) is 1. The molecule has 0 aliphatic carbocycles. The second-order valence-corrected chi connectivity index (χ2v) is 4.14. The summed E-state index contributed by atoms with van der Waals surface area (Å²) in [5, 5.41) is 11.9. The first-order valence-electron chi connectivity index (χ1n) is 5.62. The average molecular weight is 216 g/mol. The van der Waals surface area contributed by atoms with Crippen molar-refractivity contribution in [3.05, 3.63) is 24.4 Å². The molecule has 1 aliphatic rings. The molecule has 2 heterocycles. The molecule has 84 valence electrons. The Bertz CT molecular complexity index is 357. The number of likely N-dealkylation sites (tertiary alicyclic amines) is 1. The third-order valence-corrected chi connectivity index (χ3v) is 2.90. The van der Waals surface area contributed by atoms with Gasteiger partial charge in [0.05, 0.1) is 12.6 Å². The van der Waals surface area contributed by atoms with Crippen LogP contribution in [-0.4, -0.2) is 36.1 Å². The van der Waals surface area contributed by atoms with Gasteiger partial charge in [0.2, 0.25) is 0 Å². The van der Waals surface area contributed by atoms with Crippen molar-refractivity contribution >= 4 is 5.82 Å². The lowest BCUT2D eigenvalue weighted by atomic mass is 10.1. The van der Waals surface area contributed by atoms with E-state index in [1.54, 1.807) is 6.20 Å². The summed E-state index contributed by atoms with van der Waals surface area (Å²) in [6.45, 7) is 3.56. The Morgan fingerprint density at radius 2 is 2.50 bits per heavy atom. The predicted octanol–water partition coefficient (Wildman–Crippen LogP) is 1.34. The lowest BCUT2D eigenvalue weighted by Gasteiger charge is -2.12. The molecule has 1 aromatic rings. The summed E-state index contributed by atoms with van der Waals surface area (Å²) in [5.74, 6) is 1.57. The molecule has 0 bridgehead atoms. The molecule has 1 unspecified atom stereocenters. The molecule has 1 fully saturated rings. The Hall–Kier alpha value is -1.60. The maximum atomic E-state index is 8.60. The topological polar surface area (TPSA) is 52.0 Å². The molecule has 1 saturated heterocycles. The van der Waals surface area contributed by atoms with Crippen LogP contribution in [0.5, 0.6) is 0 Å². The molecule has 1 aliphatic heterocycles. The number of hydrogen-bond acceptors (Lipinski definition) is 4. The van der Waals surface area contributed by atoms with Crippen LogP contribution in [0.3, 0.4) is 0 Å². The maximum Gasteiger partial charge on any atom is 0.125 e. The van der Waals surface area contributed by atoms with Gasteiger partial charge in [-0.15, -0.1) is 0 Å². The lowest BCUT2D eigenvalue weighted by Crippen LogP contribution is -2.23. The SMILES string of the molecule is N#CCN1CCC(CNc2ccccn2)C1. The summed E-state index contributed by atoms with van der Waals surface area (Å²) in [6.07, 6.45) is 2.96. The highest BCUT2D eigenvalue weighted by Crippen LogP contribution is 2.16. The molecule has 0 saturated carbocycles. The minimum absolute atomic E-state index is 0.556. The van der Waals surface area contributed by atoms with Crippen LogP contribution in [-0.2, 0) is 0 Å². The van der Waals surface area contributed by atoms with Crippen LogP contribution in [0, 0.1) is 17.2 Å². The minimum Gasteiger partial charge on any atom is -0.370 e. The number of hydrogen-bond donors (Lipinski definition) is 1. The molecule has 1 N–H and O–H groups in total. The van der Waals surface area contributed by atoms with E-state index < -0.39 is 0 Å². The Morgan fingerprint density at radius 1 is 1.56 bits per heavy atom. The van der Waals surface area contributed by atoms with E-state index in [0.29, 0.717) is 12.5 Å². The summed E-state index contributed by atoms with van der Waals surface area (Å²) in [6, 6.07) is 8.06. The maximum absolute atomic E-state index is 8.60. The molecule has 0 aromatic carbocycles. The zero-order valence-corrected chi connectivity index (χ0v) is 9.26. The van der Waals surface area contributed by atoms with Gasteiger partial charge in [-0.25, -0.2) is 4.98 Å². The molecular formula is C12H16N4. The van der Waals surface area contributed by atoms with Crippen molar-refractivity contribution in [1.29, 1.82) is 5.26 Å². The van der Waals surface area contributed by atoms with E-state index in [0.717, 1.165) is 25.5 Å². The van der Waals surface area contributed by atoms with Gasteiger partial charge in [0.25, 0.3) is 0 Å². The van der Waals surface area contributed by atoms with Gasteiger partial charge in [0.1, 0.15) is 5.82 Å². The number of nitriles is 1. The quantitative estimate of drug-likeness (QED) is 0.772. The van der Waals surface area contributed by atoms with E-state index in [1.165, 1.54) is 6.42 Å². The van der Waals surface area contributed by atoms with Crippen molar-refractivity contribution in [1.82, 2.24) is 9.88 Å². The molecule has 16 heavy (non-hydrogen) atoms. The lowest BCUT2D eigenvalue weighted by molar-refractivity contribution is 0.365. The van der Waals surface area contributed by atoms with Crippen LogP contribution in [0.2, 0.25) is 0 Å². The summed E-state index contributed by atoms with van der Waals surface area (Å²) >= 11 is 0. The molecule has 1 atom stereocenters. The van der Waals surface area contributed by atoms with Gasteiger partial charge in [-0.3, -0.25) is 4.90 Å². The van der Waals surface area contributed by atoms with Gasteiger partial charge in [0.15, 0.2) is 0 Å². The number of anilines is 1. The largest absolute Gasteiger partial charge is 0.370 e. The van der Waals surface area contributed by atoms with Crippen molar-refractivity contribution in [2.45, 2.75) is 6.42 Å². The van der Waals surface area contributed by atoms with Crippen molar-refractivity contribution in [3.8, 4) is 6.07 Å². The summed E-state index contributed by atoms with van der Waals surface area (Å²) in [7, 11) is 0. The van der Waals surface area contributed by atoms with Gasteiger partial charge in [-0.1, -0.05) is 6.07 Å². The second-order valence-electron chi connectivity index (χ2n) is 4.14. The third kappa shape index (κ3) is 2.94. The zero-order valence-electron chi connectivity index (χ0n) is 9.26. The van der Waals surface area contributed by atoms with Crippen LogP contribution in [0.15, 0.2) is 24.4 Å². The standard InChI is InChI=1S/C12H16N4/c13-5-8-16-7-4-11(10-16)9-15-12-3-1-2-6-14-12/h1-3,6,11H,4,7-10H2,(H,14,15). The monoisotopic (exact) mass is 216 g/mol. The fourth-order valence-electron chi connectivity index (χ4n) is 2.04.